The summed E-state index contributed by atoms with van der Waals surface area (Å²) in [6.07, 6.45) is 0.916. The number of hydrogen-bond acceptors (Lipinski definition) is 2. The monoisotopic (exact) mass is 255 g/mol. The van der Waals surface area contributed by atoms with E-state index in [1.54, 1.807) is 0 Å². The van der Waals surface area contributed by atoms with Crippen molar-refractivity contribution in [3.63, 3.8) is 0 Å². The van der Waals surface area contributed by atoms with Crippen LogP contribution in [0.3, 0.4) is 0 Å². The van der Waals surface area contributed by atoms with Gasteiger partial charge in [-0.2, -0.15) is 0 Å². The molecule has 3 nitrogen and oxygen atoms in total. The molecule has 0 aromatic heterocycles. The predicted octanol–water partition coefficient (Wildman–Crippen LogP) is 2.66. The first-order chi connectivity index (χ1) is 8.41. The minimum absolute atomic E-state index is 0.0173. The molecule has 5 heteroatoms. The van der Waals surface area contributed by atoms with E-state index in [9.17, 15) is 13.6 Å². The molecule has 18 heavy (non-hydrogen) atoms. The van der Waals surface area contributed by atoms with E-state index >= 15 is 0 Å². The molecule has 0 bridgehead atoms. The van der Waals surface area contributed by atoms with Crippen LogP contribution in [0.5, 0.6) is 0 Å². The van der Waals surface area contributed by atoms with Gasteiger partial charge in [-0.3, -0.25) is 4.79 Å². The van der Waals surface area contributed by atoms with Crippen LogP contribution in [0.2, 0.25) is 0 Å². The fourth-order valence-corrected chi connectivity index (χ4v) is 1.94. The second-order valence-electron chi connectivity index (χ2n) is 4.72. The summed E-state index contributed by atoms with van der Waals surface area (Å²) in [5, 5.41) is 8.61. The second-order valence-corrected chi connectivity index (χ2v) is 4.72. The highest BCUT2D eigenvalue weighted by molar-refractivity contribution is 5.67. The zero-order valence-corrected chi connectivity index (χ0v) is 9.77. The Morgan fingerprint density at radius 3 is 2.39 bits per heavy atom. The summed E-state index contributed by atoms with van der Waals surface area (Å²) in [4.78, 5) is 10.5. The first-order valence-corrected chi connectivity index (χ1v) is 5.87. The number of carboxylic acid groups (broad SMARTS) is 1. The predicted molar refractivity (Wildman–Crippen MR) is 62.2 cm³/mol. The van der Waals surface area contributed by atoms with Crippen LogP contribution in [0.25, 0.3) is 0 Å². The van der Waals surface area contributed by atoms with E-state index in [4.69, 9.17) is 10.8 Å². The fourth-order valence-electron chi connectivity index (χ4n) is 1.94. The van der Waals surface area contributed by atoms with E-state index in [0.717, 1.165) is 0 Å². The van der Waals surface area contributed by atoms with Crippen molar-refractivity contribution in [1.29, 1.82) is 0 Å². The third-order valence-electron chi connectivity index (χ3n) is 3.21. The molecule has 1 aliphatic carbocycles. The van der Waals surface area contributed by atoms with Crippen molar-refractivity contribution < 1.29 is 18.7 Å². The van der Waals surface area contributed by atoms with Crippen molar-refractivity contribution >= 4 is 5.97 Å². The first kappa shape index (κ1) is 13.0. The van der Waals surface area contributed by atoms with Crippen LogP contribution in [0.15, 0.2) is 24.3 Å². The summed E-state index contributed by atoms with van der Waals surface area (Å²) in [7, 11) is 0. The number of nitrogens with two attached hydrogens (primary N) is 1. The van der Waals surface area contributed by atoms with Crippen LogP contribution in [-0.4, -0.2) is 11.1 Å². The Kier molecular flexibility index (Phi) is 3.34. The van der Waals surface area contributed by atoms with E-state index in [1.165, 1.54) is 24.3 Å². The van der Waals surface area contributed by atoms with Gasteiger partial charge in [0.15, 0.2) is 0 Å². The number of carbonyl (C=O) groups is 1. The van der Waals surface area contributed by atoms with Crippen molar-refractivity contribution in [3.8, 4) is 0 Å². The lowest BCUT2D eigenvalue weighted by atomic mass is 9.99. The van der Waals surface area contributed by atoms with Crippen LogP contribution in [0.4, 0.5) is 8.78 Å². The Bertz CT molecular complexity index is 441. The highest BCUT2D eigenvalue weighted by atomic mass is 19.3. The maximum absolute atomic E-state index is 13.8. The molecule has 0 radical (unpaired) electrons. The number of benzene rings is 1. The molecular formula is C13H15F2NO2. The summed E-state index contributed by atoms with van der Waals surface area (Å²) in [6.45, 7) is 0. The zero-order chi connectivity index (χ0) is 13.3. The lowest BCUT2D eigenvalue weighted by molar-refractivity contribution is -0.137. The molecule has 3 N–H and O–H groups in total. The molecule has 1 aliphatic rings. The largest absolute Gasteiger partial charge is 0.481 e. The number of alkyl halides is 2. The highest BCUT2D eigenvalue weighted by Gasteiger charge is 2.47. The Hall–Kier alpha value is -1.49. The van der Waals surface area contributed by atoms with E-state index in [2.05, 4.69) is 0 Å². The number of rotatable bonds is 5. The van der Waals surface area contributed by atoms with Crippen LogP contribution in [0, 0.1) is 5.92 Å². The van der Waals surface area contributed by atoms with Crippen molar-refractivity contribution in [1.82, 2.24) is 0 Å². The highest BCUT2D eigenvalue weighted by Crippen LogP contribution is 2.49. The van der Waals surface area contributed by atoms with Crippen LogP contribution in [-0.2, 0) is 10.7 Å². The molecule has 1 atom stereocenters. The van der Waals surface area contributed by atoms with Gasteiger partial charge in [0, 0.05) is 17.5 Å². The van der Waals surface area contributed by atoms with Gasteiger partial charge in [0.2, 0.25) is 0 Å². The van der Waals surface area contributed by atoms with Gasteiger partial charge < -0.3 is 10.8 Å². The van der Waals surface area contributed by atoms with E-state index in [1.807, 2.05) is 0 Å². The SMILES string of the molecule is NC(CC(=O)O)c1ccc(C(F)(F)C2CC2)cc1. The fraction of sp³-hybridized carbons (Fsp3) is 0.462. The molecule has 1 saturated carbocycles. The molecule has 1 aromatic carbocycles. The summed E-state index contributed by atoms with van der Waals surface area (Å²) >= 11 is 0. The lowest BCUT2D eigenvalue weighted by Gasteiger charge is -2.17. The van der Waals surface area contributed by atoms with Crippen LogP contribution < -0.4 is 5.73 Å². The normalized spacial score (nSPS) is 17.5. The maximum Gasteiger partial charge on any atom is 0.305 e. The summed E-state index contributed by atoms with van der Waals surface area (Å²) < 4.78 is 27.5. The smallest absolute Gasteiger partial charge is 0.305 e. The van der Waals surface area contributed by atoms with Crippen molar-refractivity contribution in [2.75, 3.05) is 0 Å². The van der Waals surface area contributed by atoms with Crippen molar-refractivity contribution in [3.05, 3.63) is 35.4 Å². The summed E-state index contributed by atoms with van der Waals surface area (Å²) in [5.74, 6) is -4.33. The summed E-state index contributed by atoms with van der Waals surface area (Å²) in [5.41, 5.74) is 6.20. The van der Waals surface area contributed by atoms with Gasteiger partial charge in [0.05, 0.1) is 6.42 Å². The average Bonchev–Trinajstić information content (AvgIpc) is 3.12. The van der Waals surface area contributed by atoms with Gasteiger partial charge in [-0.05, 0) is 18.4 Å². The minimum Gasteiger partial charge on any atom is -0.481 e. The summed E-state index contributed by atoms with van der Waals surface area (Å²) in [6, 6.07) is 4.99. The molecule has 1 unspecified atom stereocenters. The Morgan fingerprint density at radius 1 is 1.39 bits per heavy atom. The van der Waals surface area contributed by atoms with Crippen LogP contribution >= 0.6 is 0 Å². The Morgan fingerprint density at radius 2 is 1.94 bits per heavy atom. The first-order valence-electron chi connectivity index (χ1n) is 5.87. The molecule has 0 heterocycles. The van der Waals surface area contributed by atoms with Gasteiger partial charge in [-0.1, -0.05) is 24.3 Å². The quantitative estimate of drug-likeness (QED) is 0.850. The maximum atomic E-state index is 13.8. The van der Waals surface area contributed by atoms with Gasteiger partial charge in [-0.25, -0.2) is 8.78 Å². The van der Waals surface area contributed by atoms with Gasteiger partial charge in [-0.15, -0.1) is 0 Å². The molecule has 0 amide bonds. The van der Waals surface area contributed by atoms with E-state index in [-0.39, 0.29) is 12.0 Å². The molecule has 1 fully saturated rings. The molecule has 1 aromatic rings. The molecule has 0 saturated heterocycles. The third kappa shape index (κ3) is 2.67. The zero-order valence-electron chi connectivity index (χ0n) is 9.77. The molecular weight excluding hydrogens is 240 g/mol. The van der Waals surface area contributed by atoms with Gasteiger partial charge >= 0.3 is 5.97 Å². The topological polar surface area (TPSA) is 63.3 Å². The molecule has 98 valence electrons. The van der Waals surface area contributed by atoms with Crippen LogP contribution in [0.1, 0.15) is 36.4 Å². The molecule has 0 spiro atoms. The lowest BCUT2D eigenvalue weighted by Crippen LogP contribution is -2.17. The standard InChI is InChI=1S/C13H15F2NO2/c14-13(15,10-5-6-10)9-3-1-8(2-4-9)11(16)7-12(17)18/h1-4,10-11H,5-7,16H2,(H,17,18). The third-order valence-corrected chi connectivity index (χ3v) is 3.21. The number of carboxylic acids is 1. The van der Waals surface area contributed by atoms with Gasteiger partial charge in [0.25, 0.3) is 5.92 Å². The second kappa shape index (κ2) is 4.65. The van der Waals surface area contributed by atoms with Crippen molar-refractivity contribution in [2.45, 2.75) is 31.2 Å². The number of hydrogen-bond donors (Lipinski definition) is 2. The molecule has 2 rings (SSSR count). The van der Waals surface area contributed by atoms with Gasteiger partial charge in [0.1, 0.15) is 0 Å². The average molecular weight is 255 g/mol. The Balaban J connectivity index is 2.12. The Labute approximate surface area is 104 Å². The minimum atomic E-state index is -2.78. The van der Waals surface area contributed by atoms with E-state index in [0.29, 0.717) is 18.4 Å². The molecule has 0 aliphatic heterocycles. The number of halogens is 2. The van der Waals surface area contributed by atoms with Crippen molar-refractivity contribution in [2.24, 2.45) is 11.7 Å². The number of aliphatic carboxylic acids is 1. The van der Waals surface area contributed by atoms with E-state index < -0.39 is 23.9 Å².